The van der Waals surface area contributed by atoms with Gasteiger partial charge in [0.05, 0.1) is 16.3 Å². The lowest BCUT2D eigenvalue weighted by atomic mass is 10.1. The Morgan fingerprint density at radius 2 is 1.65 bits per heavy atom. The summed E-state index contributed by atoms with van der Waals surface area (Å²) in [5.41, 5.74) is 10.2. The van der Waals surface area contributed by atoms with E-state index >= 15 is 0 Å². The zero-order chi connectivity index (χ0) is 21.7. The zero-order valence-electron chi connectivity index (χ0n) is 16.7. The number of nitrogens with zero attached hydrogens (tertiary/aromatic N) is 2. The van der Waals surface area contributed by atoms with E-state index in [4.69, 9.17) is 5.73 Å². The molecule has 0 amide bonds. The molecule has 6 nitrogen and oxygen atoms in total. The number of anilines is 2. The highest BCUT2D eigenvalue weighted by atomic mass is 32.2. The van der Waals surface area contributed by atoms with Crippen LogP contribution in [0.25, 0.3) is 11.1 Å². The normalized spacial score (nSPS) is 11.6. The van der Waals surface area contributed by atoms with Crippen molar-refractivity contribution in [1.29, 1.82) is 0 Å². The van der Waals surface area contributed by atoms with Gasteiger partial charge in [-0.15, -0.1) is 0 Å². The second-order valence-electron chi connectivity index (χ2n) is 6.95. The largest absolute Gasteiger partial charge is 0.397 e. The lowest BCUT2D eigenvalue weighted by Crippen LogP contribution is -2.10. The molecule has 0 bridgehead atoms. The minimum absolute atomic E-state index is 0.240. The molecule has 31 heavy (non-hydrogen) atoms. The molecule has 156 valence electrons. The molecular weight excluding hydrogens is 408 g/mol. The maximum atomic E-state index is 13.0. The number of allylic oxidation sites excluding steroid dienone is 1. The molecule has 7 heteroatoms. The number of aromatic nitrogens is 2. The van der Waals surface area contributed by atoms with Gasteiger partial charge in [-0.1, -0.05) is 30.3 Å². The average Bonchev–Trinajstić information content (AvgIpc) is 3.28. The molecule has 4 rings (SSSR count). The van der Waals surface area contributed by atoms with Crippen LogP contribution in [0, 0.1) is 0 Å². The maximum absolute atomic E-state index is 13.0. The Balaban J connectivity index is 1.44. The molecule has 0 radical (unpaired) electrons. The third-order valence-electron chi connectivity index (χ3n) is 4.84. The summed E-state index contributed by atoms with van der Waals surface area (Å²) in [5.74, 6) is 0. The van der Waals surface area contributed by atoms with Crippen LogP contribution in [0.5, 0.6) is 0 Å². The van der Waals surface area contributed by atoms with E-state index < -0.39 is 10.0 Å². The number of pyridine rings is 1. The first-order valence-electron chi connectivity index (χ1n) is 9.73. The fraction of sp³-hybridized carbons (Fsp3) is 0.0417. The first kappa shape index (κ1) is 20.4. The molecule has 2 aromatic heterocycles. The van der Waals surface area contributed by atoms with Gasteiger partial charge in [0, 0.05) is 24.8 Å². The fourth-order valence-electron chi connectivity index (χ4n) is 3.15. The highest BCUT2D eigenvalue weighted by Crippen LogP contribution is 2.22. The minimum Gasteiger partial charge on any atom is -0.397 e. The molecule has 0 unspecified atom stereocenters. The summed E-state index contributed by atoms with van der Waals surface area (Å²) in [6.45, 7) is 0. The Morgan fingerprint density at radius 1 is 0.935 bits per heavy atom. The van der Waals surface area contributed by atoms with Crippen molar-refractivity contribution in [3.63, 3.8) is 0 Å². The van der Waals surface area contributed by atoms with Gasteiger partial charge in [-0.2, -0.15) is 0 Å². The quantitative estimate of drug-likeness (QED) is 0.420. The second kappa shape index (κ2) is 8.89. The van der Waals surface area contributed by atoms with Gasteiger partial charge in [0.1, 0.15) is 0 Å². The van der Waals surface area contributed by atoms with Crippen molar-refractivity contribution in [2.75, 3.05) is 11.1 Å². The number of benzene rings is 2. The van der Waals surface area contributed by atoms with E-state index in [2.05, 4.69) is 10.3 Å². The summed E-state index contributed by atoms with van der Waals surface area (Å²) in [5, 5.41) is 3.13. The fourth-order valence-corrected chi connectivity index (χ4v) is 4.37. The van der Waals surface area contributed by atoms with Gasteiger partial charge in [0.15, 0.2) is 0 Å². The molecule has 0 saturated heterocycles. The molecule has 0 aliphatic carbocycles. The van der Waals surface area contributed by atoms with Crippen molar-refractivity contribution in [2.45, 2.75) is 11.3 Å². The topological polar surface area (TPSA) is 90.0 Å². The van der Waals surface area contributed by atoms with Crippen molar-refractivity contribution in [2.24, 2.45) is 0 Å². The SMILES string of the molecule is Nc1ccccc1N/C=C/Cc1ccn(S(=O)(=O)c2ccc(-c3ccncc3)cc2)c1. The minimum atomic E-state index is -3.65. The molecule has 0 aliphatic heterocycles. The lowest BCUT2D eigenvalue weighted by molar-refractivity contribution is 0.587. The van der Waals surface area contributed by atoms with Crippen molar-refractivity contribution < 1.29 is 8.42 Å². The van der Waals surface area contributed by atoms with Gasteiger partial charge in [-0.25, -0.2) is 12.4 Å². The zero-order valence-corrected chi connectivity index (χ0v) is 17.5. The Kier molecular flexibility index (Phi) is 5.86. The van der Waals surface area contributed by atoms with Gasteiger partial charge >= 0.3 is 0 Å². The number of rotatable bonds is 7. The predicted molar refractivity (Wildman–Crippen MR) is 124 cm³/mol. The van der Waals surface area contributed by atoms with Crippen molar-refractivity contribution in [3.05, 3.63) is 109 Å². The number of hydrogen-bond donors (Lipinski definition) is 2. The van der Waals surface area contributed by atoms with Crippen LogP contribution in [0.2, 0.25) is 0 Å². The van der Waals surface area contributed by atoms with E-state index in [9.17, 15) is 8.42 Å². The molecular formula is C24H22N4O2S. The van der Waals surface area contributed by atoms with Crippen LogP contribution in [0.4, 0.5) is 11.4 Å². The van der Waals surface area contributed by atoms with E-state index in [1.54, 1.807) is 61.3 Å². The van der Waals surface area contributed by atoms with Crippen LogP contribution in [-0.2, 0) is 16.4 Å². The second-order valence-corrected chi connectivity index (χ2v) is 8.80. The average molecular weight is 431 g/mol. The van der Waals surface area contributed by atoms with Crippen LogP contribution < -0.4 is 11.1 Å². The van der Waals surface area contributed by atoms with Crippen molar-refractivity contribution in [1.82, 2.24) is 8.96 Å². The summed E-state index contributed by atoms with van der Waals surface area (Å²) >= 11 is 0. The highest BCUT2D eigenvalue weighted by Gasteiger charge is 2.16. The summed E-state index contributed by atoms with van der Waals surface area (Å²) in [4.78, 5) is 4.24. The first-order chi connectivity index (χ1) is 15.0. The van der Waals surface area contributed by atoms with Gasteiger partial charge in [-0.3, -0.25) is 4.98 Å². The molecule has 0 spiro atoms. The molecule has 2 heterocycles. The predicted octanol–water partition coefficient (Wildman–Crippen LogP) is 4.54. The Morgan fingerprint density at radius 3 is 2.39 bits per heavy atom. The van der Waals surface area contributed by atoms with Crippen LogP contribution >= 0.6 is 0 Å². The Bertz CT molecular complexity index is 1290. The maximum Gasteiger partial charge on any atom is 0.267 e. The molecule has 2 aromatic carbocycles. The van der Waals surface area contributed by atoms with Crippen molar-refractivity contribution >= 4 is 21.4 Å². The summed E-state index contributed by atoms with van der Waals surface area (Å²) in [7, 11) is -3.65. The van der Waals surface area contributed by atoms with Gasteiger partial charge in [0.25, 0.3) is 10.0 Å². The molecule has 0 fully saturated rings. The van der Waals surface area contributed by atoms with Gasteiger partial charge in [0.2, 0.25) is 0 Å². The number of nitrogen functional groups attached to an aromatic ring is 1. The van der Waals surface area contributed by atoms with Crippen LogP contribution in [0.3, 0.4) is 0 Å². The smallest absolute Gasteiger partial charge is 0.267 e. The van der Waals surface area contributed by atoms with Crippen LogP contribution in [0.15, 0.2) is 109 Å². The van der Waals surface area contributed by atoms with E-state index in [-0.39, 0.29) is 4.90 Å². The molecule has 0 atom stereocenters. The monoisotopic (exact) mass is 430 g/mol. The van der Waals surface area contributed by atoms with Gasteiger partial charge in [-0.05, 0) is 71.8 Å². The molecule has 4 aromatic rings. The van der Waals surface area contributed by atoms with Gasteiger partial charge < -0.3 is 11.1 Å². The van der Waals surface area contributed by atoms with E-state index in [0.717, 1.165) is 22.4 Å². The lowest BCUT2D eigenvalue weighted by Gasteiger charge is -2.07. The third-order valence-corrected chi connectivity index (χ3v) is 6.49. The number of hydrogen-bond acceptors (Lipinski definition) is 5. The Labute approximate surface area is 181 Å². The standard InChI is InChI=1S/C24H22N4O2S/c25-23-5-1-2-6-24(23)27-14-3-4-19-13-17-28(18-19)31(29,30)22-9-7-20(8-10-22)21-11-15-26-16-12-21/h1-3,5-18,27H,4,25H2/b14-3+. The van der Waals surface area contributed by atoms with Crippen LogP contribution in [0.1, 0.15) is 5.56 Å². The summed E-state index contributed by atoms with van der Waals surface area (Å²) in [6.07, 6.45) is 10.9. The summed E-state index contributed by atoms with van der Waals surface area (Å²) in [6, 6.07) is 19.9. The van der Waals surface area contributed by atoms with E-state index in [1.807, 2.05) is 42.5 Å². The number of nitrogens with two attached hydrogens (primary N) is 1. The van der Waals surface area contributed by atoms with Crippen LogP contribution in [-0.4, -0.2) is 17.4 Å². The Hall–Kier alpha value is -3.84. The summed E-state index contributed by atoms with van der Waals surface area (Å²) < 4.78 is 27.2. The first-order valence-corrected chi connectivity index (χ1v) is 11.2. The third kappa shape index (κ3) is 4.67. The molecule has 0 aliphatic rings. The van der Waals surface area contributed by atoms with E-state index in [0.29, 0.717) is 12.1 Å². The highest BCUT2D eigenvalue weighted by molar-refractivity contribution is 7.90. The molecule has 0 saturated carbocycles. The van der Waals surface area contributed by atoms with Crippen molar-refractivity contribution in [3.8, 4) is 11.1 Å². The number of para-hydroxylation sites is 2. The molecule has 3 N–H and O–H groups in total. The number of nitrogens with one attached hydrogen (secondary N) is 1. The van der Waals surface area contributed by atoms with E-state index in [1.165, 1.54) is 3.97 Å².